The van der Waals surface area contributed by atoms with Crippen molar-refractivity contribution < 1.29 is 9.21 Å². The molecule has 3 aromatic rings. The zero-order chi connectivity index (χ0) is 15.9. The van der Waals surface area contributed by atoms with Gasteiger partial charge in [0.15, 0.2) is 5.58 Å². The van der Waals surface area contributed by atoms with Crippen molar-refractivity contribution in [1.29, 1.82) is 0 Å². The molecule has 0 saturated carbocycles. The normalized spacial score (nSPS) is 11.8. The molecule has 0 atom stereocenters. The van der Waals surface area contributed by atoms with Crippen LogP contribution in [-0.4, -0.2) is 20.5 Å². The lowest BCUT2D eigenvalue weighted by atomic mass is 9.87. The molecule has 0 radical (unpaired) electrons. The number of benzene rings is 1. The van der Waals surface area contributed by atoms with Gasteiger partial charge >= 0.3 is 6.01 Å². The summed E-state index contributed by atoms with van der Waals surface area (Å²) in [5.41, 5.74) is 3.13. The van der Waals surface area contributed by atoms with Gasteiger partial charge in [0.1, 0.15) is 10.4 Å². The Kier molecular flexibility index (Phi) is 3.44. The second-order valence-corrected chi connectivity index (χ2v) is 6.85. The van der Waals surface area contributed by atoms with E-state index in [0.717, 1.165) is 17.1 Å². The summed E-state index contributed by atoms with van der Waals surface area (Å²) in [7, 11) is 0. The number of nitrogens with one attached hydrogen (secondary N) is 1. The SMILES string of the molecule is Cc1nnsc1C(=O)Nc1nc2ccc(C(C)(C)C)cc2o1. The summed E-state index contributed by atoms with van der Waals surface area (Å²) in [6.45, 7) is 8.13. The molecule has 0 saturated heterocycles. The number of carbonyl (C=O) groups is 1. The molecule has 2 aromatic heterocycles. The minimum atomic E-state index is -0.310. The summed E-state index contributed by atoms with van der Waals surface area (Å²) in [4.78, 5) is 16.9. The molecule has 0 spiro atoms. The van der Waals surface area contributed by atoms with Gasteiger partial charge in [0.2, 0.25) is 0 Å². The molecule has 1 amide bonds. The summed E-state index contributed by atoms with van der Waals surface area (Å²) in [6.07, 6.45) is 0. The van der Waals surface area contributed by atoms with E-state index in [9.17, 15) is 4.79 Å². The van der Waals surface area contributed by atoms with Gasteiger partial charge in [-0.3, -0.25) is 10.1 Å². The number of nitrogens with zero attached hydrogens (tertiary/aromatic N) is 3. The average molecular weight is 316 g/mol. The van der Waals surface area contributed by atoms with Crippen molar-refractivity contribution in [2.75, 3.05) is 5.32 Å². The Bertz CT molecular complexity index is 845. The fourth-order valence-corrected chi connectivity index (χ4v) is 2.59. The van der Waals surface area contributed by atoms with Crippen LogP contribution >= 0.6 is 11.5 Å². The van der Waals surface area contributed by atoms with Crippen LogP contribution in [0.1, 0.15) is 41.7 Å². The van der Waals surface area contributed by atoms with Crippen LogP contribution in [0.5, 0.6) is 0 Å². The van der Waals surface area contributed by atoms with Crippen molar-refractivity contribution >= 4 is 34.6 Å². The number of carbonyl (C=O) groups excluding carboxylic acids is 1. The lowest BCUT2D eigenvalue weighted by Gasteiger charge is -2.18. The predicted molar refractivity (Wildman–Crippen MR) is 85.3 cm³/mol. The molecular weight excluding hydrogens is 300 g/mol. The summed E-state index contributed by atoms with van der Waals surface area (Å²) in [5, 5.41) is 6.46. The van der Waals surface area contributed by atoms with Crippen molar-refractivity contribution in [2.24, 2.45) is 0 Å². The van der Waals surface area contributed by atoms with Gasteiger partial charge in [-0.2, -0.15) is 4.98 Å². The summed E-state index contributed by atoms with van der Waals surface area (Å²) in [6, 6.07) is 6.05. The number of rotatable bonds is 2. The van der Waals surface area contributed by atoms with Gasteiger partial charge in [0, 0.05) is 0 Å². The quantitative estimate of drug-likeness (QED) is 0.782. The fourth-order valence-electron chi connectivity index (χ4n) is 2.04. The minimum absolute atomic E-state index is 0.0236. The largest absolute Gasteiger partial charge is 0.423 e. The van der Waals surface area contributed by atoms with Gasteiger partial charge in [0.25, 0.3) is 5.91 Å². The van der Waals surface area contributed by atoms with Crippen LogP contribution in [0.2, 0.25) is 0 Å². The first-order valence-electron chi connectivity index (χ1n) is 6.86. The van der Waals surface area contributed by atoms with E-state index in [1.54, 1.807) is 6.92 Å². The van der Waals surface area contributed by atoms with Crippen molar-refractivity contribution in [2.45, 2.75) is 33.1 Å². The van der Waals surface area contributed by atoms with Crippen LogP contribution in [0.3, 0.4) is 0 Å². The topological polar surface area (TPSA) is 80.9 Å². The molecule has 1 aromatic carbocycles. The molecular formula is C15H16N4O2S. The van der Waals surface area contributed by atoms with Crippen LogP contribution in [0.15, 0.2) is 22.6 Å². The van der Waals surface area contributed by atoms with Crippen LogP contribution in [0.4, 0.5) is 6.01 Å². The first-order valence-corrected chi connectivity index (χ1v) is 7.63. The number of hydrogen-bond acceptors (Lipinski definition) is 6. The highest BCUT2D eigenvalue weighted by Crippen LogP contribution is 2.27. The third kappa shape index (κ3) is 2.71. The highest BCUT2D eigenvalue weighted by atomic mass is 32.1. The number of amides is 1. The Balaban J connectivity index is 1.89. The Morgan fingerprint density at radius 2 is 2.09 bits per heavy atom. The van der Waals surface area contributed by atoms with Gasteiger partial charge in [-0.25, -0.2) is 0 Å². The molecule has 0 aliphatic heterocycles. The maximum Gasteiger partial charge on any atom is 0.302 e. The molecule has 6 nitrogen and oxygen atoms in total. The highest BCUT2D eigenvalue weighted by Gasteiger charge is 2.18. The lowest BCUT2D eigenvalue weighted by molar-refractivity contribution is 0.102. The van der Waals surface area contributed by atoms with Crippen LogP contribution in [-0.2, 0) is 5.41 Å². The minimum Gasteiger partial charge on any atom is -0.423 e. The van der Waals surface area contributed by atoms with Gasteiger partial charge in [-0.1, -0.05) is 31.3 Å². The Morgan fingerprint density at radius 1 is 1.32 bits per heavy atom. The standard InChI is InChI=1S/C15H16N4O2S/c1-8-12(22-19-18-8)13(20)17-14-16-10-6-5-9(15(2,3)4)7-11(10)21-14/h5-7H,1-4H3,(H,16,17,20). The number of aromatic nitrogens is 3. The molecule has 7 heteroatoms. The monoisotopic (exact) mass is 316 g/mol. The molecule has 0 aliphatic rings. The third-order valence-corrected chi connectivity index (χ3v) is 4.16. The van der Waals surface area contributed by atoms with Gasteiger partial charge in [-0.05, 0) is 41.6 Å². The van der Waals surface area contributed by atoms with Gasteiger partial charge in [-0.15, -0.1) is 5.10 Å². The second-order valence-electron chi connectivity index (χ2n) is 6.09. The number of anilines is 1. The van der Waals surface area contributed by atoms with E-state index in [-0.39, 0.29) is 17.3 Å². The Hall–Kier alpha value is -2.28. The molecule has 22 heavy (non-hydrogen) atoms. The van der Waals surface area contributed by atoms with Crippen molar-refractivity contribution in [3.8, 4) is 0 Å². The van der Waals surface area contributed by atoms with Gasteiger partial charge in [0.05, 0.1) is 5.69 Å². The molecule has 114 valence electrons. The number of oxazole rings is 1. The summed E-state index contributed by atoms with van der Waals surface area (Å²) < 4.78 is 9.38. The molecule has 0 aliphatic carbocycles. The van der Waals surface area contributed by atoms with Crippen LogP contribution < -0.4 is 5.32 Å². The molecule has 0 fully saturated rings. The lowest BCUT2D eigenvalue weighted by Crippen LogP contribution is -2.11. The first-order chi connectivity index (χ1) is 10.3. The third-order valence-electron chi connectivity index (χ3n) is 3.33. The fraction of sp³-hybridized carbons (Fsp3) is 0.333. The molecule has 2 heterocycles. The number of aryl methyl sites for hydroxylation is 1. The predicted octanol–water partition coefficient (Wildman–Crippen LogP) is 3.54. The zero-order valence-electron chi connectivity index (χ0n) is 12.8. The molecule has 0 bridgehead atoms. The Morgan fingerprint density at radius 3 is 2.73 bits per heavy atom. The molecule has 3 rings (SSSR count). The summed E-state index contributed by atoms with van der Waals surface area (Å²) >= 11 is 1.05. The van der Waals surface area contributed by atoms with E-state index in [2.05, 4.69) is 40.7 Å². The van der Waals surface area contributed by atoms with Crippen LogP contribution in [0.25, 0.3) is 11.1 Å². The van der Waals surface area contributed by atoms with E-state index in [1.807, 2.05) is 18.2 Å². The van der Waals surface area contributed by atoms with Crippen molar-refractivity contribution in [3.63, 3.8) is 0 Å². The maximum absolute atomic E-state index is 12.1. The molecule has 1 N–H and O–H groups in total. The highest BCUT2D eigenvalue weighted by molar-refractivity contribution is 7.08. The van der Waals surface area contributed by atoms with E-state index in [1.165, 1.54) is 0 Å². The first kappa shape index (κ1) is 14.6. The Labute approximate surface area is 131 Å². The smallest absolute Gasteiger partial charge is 0.302 e. The maximum atomic E-state index is 12.1. The average Bonchev–Trinajstić information content (AvgIpc) is 3.01. The van der Waals surface area contributed by atoms with E-state index >= 15 is 0 Å². The van der Waals surface area contributed by atoms with E-state index in [0.29, 0.717) is 21.7 Å². The van der Waals surface area contributed by atoms with Crippen molar-refractivity contribution in [1.82, 2.24) is 14.6 Å². The second kappa shape index (κ2) is 5.17. The molecule has 0 unspecified atom stereocenters. The number of fused-ring (bicyclic) bond motifs is 1. The van der Waals surface area contributed by atoms with E-state index < -0.39 is 0 Å². The van der Waals surface area contributed by atoms with Crippen molar-refractivity contribution in [3.05, 3.63) is 34.3 Å². The van der Waals surface area contributed by atoms with E-state index in [4.69, 9.17) is 4.42 Å². The van der Waals surface area contributed by atoms with Crippen LogP contribution in [0, 0.1) is 6.92 Å². The van der Waals surface area contributed by atoms with Gasteiger partial charge < -0.3 is 4.42 Å². The number of hydrogen-bond donors (Lipinski definition) is 1. The summed E-state index contributed by atoms with van der Waals surface area (Å²) in [5.74, 6) is -0.310. The zero-order valence-corrected chi connectivity index (χ0v) is 13.6.